The summed E-state index contributed by atoms with van der Waals surface area (Å²) in [4.78, 5) is 0. The first-order valence-electron chi connectivity index (χ1n) is 11.9. The molecule has 0 N–H and O–H groups in total. The summed E-state index contributed by atoms with van der Waals surface area (Å²) in [5.74, 6) is -3.72. The number of benzene rings is 2. The second-order valence-corrected chi connectivity index (χ2v) is 9.42. The molecule has 2 aliphatic rings. The summed E-state index contributed by atoms with van der Waals surface area (Å²) in [7, 11) is 0. The van der Waals surface area contributed by atoms with Gasteiger partial charge in [0.1, 0.15) is 17.4 Å². The van der Waals surface area contributed by atoms with Gasteiger partial charge in [-0.25, -0.2) is 8.78 Å². The second kappa shape index (κ2) is 10.6. The average molecular weight is 520 g/mol. The summed E-state index contributed by atoms with van der Waals surface area (Å²) < 4.78 is 113. The molecule has 1 saturated carbocycles. The molecule has 0 aromatic heterocycles. The molecule has 2 aromatic carbocycles. The van der Waals surface area contributed by atoms with Crippen LogP contribution in [0.4, 0.5) is 30.7 Å². The second-order valence-electron chi connectivity index (χ2n) is 9.42. The van der Waals surface area contributed by atoms with Crippen molar-refractivity contribution in [2.24, 2.45) is 17.8 Å². The third-order valence-corrected chi connectivity index (χ3v) is 6.98. The van der Waals surface area contributed by atoms with E-state index in [0.717, 1.165) is 30.7 Å². The highest BCUT2D eigenvalue weighted by molar-refractivity contribution is 5.65. The summed E-state index contributed by atoms with van der Waals surface area (Å²) in [5.41, 5.74) is -1.88. The van der Waals surface area contributed by atoms with E-state index < -0.39 is 41.2 Å². The number of hydrogen-bond donors (Lipinski definition) is 0. The molecule has 0 unspecified atom stereocenters. The Balaban J connectivity index is 1.37. The van der Waals surface area contributed by atoms with Gasteiger partial charge in [-0.3, -0.25) is 0 Å². The molecule has 10 heteroatoms. The van der Waals surface area contributed by atoms with Crippen molar-refractivity contribution in [3.05, 3.63) is 53.6 Å². The predicted molar refractivity (Wildman–Crippen MR) is 117 cm³/mol. The first kappa shape index (κ1) is 26.7. The van der Waals surface area contributed by atoms with Crippen molar-refractivity contribution >= 4 is 0 Å². The van der Waals surface area contributed by atoms with E-state index >= 15 is 0 Å². The average Bonchev–Trinajstić information content (AvgIpc) is 2.83. The van der Waals surface area contributed by atoms with Gasteiger partial charge in [0.25, 0.3) is 0 Å². The fourth-order valence-corrected chi connectivity index (χ4v) is 4.74. The molecule has 0 spiro atoms. The first-order chi connectivity index (χ1) is 17.0. The van der Waals surface area contributed by atoms with Gasteiger partial charge in [-0.2, -0.15) is 22.0 Å². The van der Waals surface area contributed by atoms with Crippen LogP contribution in [0.1, 0.15) is 44.6 Å². The number of ether oxygens (including phenoxy) is 3. The molecular weight excluding hydrogens is 493 g/mol. The minimum Gasteiger partial charge on any atom is -0.432 e. The van der Waals surface area contributed by atoms with E-state index in [9.17, 15) is 30.7 Å². The SMILES string of the molecule is CCC1COC(C2CCC(C(F)(F)Oc3ccc(-c4ccc(C(F)(F)F)c(F)c4)c(F)c3)CC2)OC1. The monoisotopic (exact) mass is 520 g/mol. The zero-order valence-corrected chi connectivity index (χ0v) is 19.6. The van der Waals surface area contributed by atoms with Gasteiger partial charge in [-0.1, -0.05) is 13.0 Å². The van der Waals surface area contributed by atoms with Crippen LogP contribution in [-0.2, 0) is 15.7 Å². The Morgan fingerprint density at radius 3 is 2.08 bits per heavy atom. The van der Waals surface area contributed by atoms with E-state index in [-0.39, 0.29) is 36.2 Å². The number of rotatable bonds is 6. The molecule has 1 aliphatic heterocycles. The Kier molecular flexibility index (Phi) is 7.85. The highest BCUT2D eigenvalue weighted by Crippen LogP contribution is 2.42. The zero-order chi connectivity index (χ0) is 26.1. The molecule has 2 fully saturated rings. The largest absolute Gasteiger partial charge is 0.432 e. The Hall–Kier alpha value is -2.33. The van der Waals surface area contributed by atoms with Gasteiger partial charge in [0.15, 0.2) is 6.29 Å². The predicted octanol–water partition coefficient (Wildman–Crippen LogP) is 7.83. The van der Waals surface area contributed by atoms with Crippen LogP contribution >= 0.6 is 0 Å². The van der Waals surface area contributed by atoms with Crippen LogP contribution < -0.4 is 4.74 Å². The van der Waals surface area contributed by atoms with Gasteiger partial charge < -0.3 is 14.2 Å². The fraction of sp³-hybridized carbons (Fsp3) is 0.538. The third kappa shape index (κ3) is 5.96. The summed E-state index contributed by atoms with van der Waals surface area (Å²) in [6.07, 6.45) is -6.55. The maximum atomic E-state index is 14.9. The van der Waals surface area contributed by atoms with Crippen molar-refractivity contribution in [2.75, 3.05) is 13.2 Å². The molecule has 36 heavy (non-hydrogen) atoms. The molecule has 1 saturated heterocycles. The summed E-state index contributed by atoms with van der Waals surface area (Å²) in [5, 5.41) is 0. The van der Waals surface area contributed by atoms with Gasteiger partial charge in [0.05, 0.1) is 24.7 Å². The van der Waals surface area contributed by atoms with Gasteiger partial charge >= 0.3 is 12.3 Å². The lowest BCUT2D eigenvalue weighted by Crippen LogP contribution is -2.42. The lowest BCUT2D eigenvalue weighted by molar-refractivity contribution is -0.247. The van der Waals surface area contributed by atoms with Gasteiger partial charge in [-0.15, -0.1) is 0 Å². The quantitative estimate of drug-likeness (QED) is 0.364. The molecule has 198 valence electrons. The van der Waals surface area contributed by atoms with E-state index in [2.05, 4.69) is 6.92 Å². The van der Waals surface area contributed by atoms with Crippen molar-refractivity contribution in [1.29, 1.82) is 0 Å². The molecule has 0 amide bonds. The fourth-order valence-electron chi connectivity index (χ4n) is 4.74. The van der Waals surface area contributed by atoms with E-state index in [0.29, 0.717) is 44.1 Å². The molecule has 0 atom stereocenters. The van der Waals surface area contributed by atoms with Gasteiger partial charge in [0, 0.05) is 23.5 Å². The number of halogens is 7. The Labute approximate surface area is 204 Å². The minimum absolute atomic E-state index is 0.0238. The maximum Gasteiger partial charge on any atom is 0.419 e. The van der Waals surface area contributed by atoms with E-state index in [4.69, 9.17) is 14.2 Å². The molecule has 4 rings (SSSR count). The molecular formula is C26H27F7O3. The molecule has 0 bridgehead atoms. The summed E-state index contributed by atoms with van der Waals surface area (Å²) in [6, 6.07) is 4.85. The van der Waals surface area contributed by atoms with E-state index in [1.165, 1.54) is 0 Å². The highest BCUT2D eigenvalue weighted by Gasteiger charge is 2.45. The topological polar surface area (TPSA) is 27.7 Å². The Morgan fingerprint density at radius 2 is 1.53 bits per heavy atom. The molecule has 1 aliphatic carbocycles. The van der Waals surface area contributed by atoms with Crippen molar-refractivity contribution in [1.82, 2.24) is 0 Å². The van der Waals surface area contributed by atoms with Crippen molar-refractivity contribution in [3.8, 4) is 16.9 Å². The van der Waals surface area contributed by atoms with Crippen LogP contribution in [0.25, 0.3) is 11.1 Å². The third-order valence-electron chi connectivity index (χ3n) is 6.98. The molecule has 0 radical (unpaired) electrons. The van der Waals surface area contributed by atoms with Crippen LogP contribution in [0, 0.1) is 29.4 Å². The Morgan fingerprint density at radius 1 is 0.861 bits per heavy atom. The van der Waals surface area contributed by atoms with Crippen LogP contribution in [0.15, 0.2) is 36.4 Å². The summed E-state index contributed by atoms with van der Waals surface area (Å²) in [6.45, 7) is 3.25. The van der Waals surface area contributed by atoms with Crippen LogP contribution in [0.2, 0.25) is 0 Å². The molecule has 1 heterocycles. The number of alkyl halides is 5. The maximum absolute atomic E-state index is 14.9. The standard InChI is InChI=1S/C26H27F7O3/c1-2-15-13-34-24(35-14-15)16-3-6-18(7-4-16)26(32,33)36-19-8-9-20(22(27)12-19)17-5-10-21(23(28)11-17)25(29,30)31/h5,8-12,15-16,18,24H,2-4,6-7,13-14H2,1H3. The van der Waals surface area contributed by atoms with Crippen molar-refractivity contribution in [2.45, 2.75) is 57.6 Å². The lowest BCUT2D eigenvalue weighted by atomic mass is 9.80. The minimum atomic E-state index is -4.89. The van der Waals surface area contributed by atoms with Gasteiger partial charge in [-0.05, 0) is 61.9 Å². The highest BCUT2D eigenvalue weighted by atomic mass is 19.4. The lowest BCUT2D eigenvalue weighted by Gasteiger charge is -2.38. The van der Waals surface area contributed by atoms with Crippen LogP contribution in [0.5, 0.6) is 5.75 Å². The first-order valence-corrected chi connectivity index (χ1v) is 11.9. The van der Waals surface area contributed by atoms with E-state index in [1.54, 1.807) is 0 Å². The smallest absolute Gasteiger partial charge is 0.419 e. The summed E-state index contributed by atoms with van der Waals surface area (Å²) >= 11 is 0. The normalized spacial score (nSPS) is 25.6. The van der Waals surface area contributed by atoms with E-state index in [1.807, 2.05) is 0 Å². The van der Waals surface area contributed by atoms with Crippen molar-refractivity contribution in [3.63, 3.8) is 0 Å². The molecule has 3 nitrogen and oxygen atoms in total. The Bertz CT molecular complexity index is 1040. The van der Waals surface area contributed by atoms with Crippen LogP contribution in [0.3, 0.4) is 0 Å². The van der Waals surface area contributed by atoms with Crippen molar-refractivity contribution < 1.29 is 44.9 Å². The van der Waals surface area contributed by atoms with Gasteiger partial charge in [0.2, 0.25) is 0 Å². The number of hydrogen-bond acceptors (Lipinski definition) is 3. The molecule has 2 aromatic rings. The van der Waals surface area contributed by atoms with Crippen LogP contribution in [-0.4, -0.2) is 25.6 Å². The zero-order valence-electron chi connectivity index (χ0n) is 19.6.